The second-order valence-corrected chi connectivity index (χ2v) is 5.04. The van der Waals surface area contributed by atoms with Crippen LogP contribution in [0, 0.1) is 5.92 Å². The Morgan fingerprint density at radius 2 is 2.00 bits per heavy atom. The summed E-state index contributed by atoms with van der Waals surface area (Å²) in [6.07, 6.45) is 7.07. The molecular formula is C13H18N2S. The van der Waals surface area contributed by atoms with E-state index in [1.165, 1.54) is 30.6 Å². The zero-order valence-corrected chi connectivity index (χ0v) is 10.5. The van der Waals surface area contributed by atoms with E-state index in [4.69, 9.17) is 5.73 Å². The van der Waals surface area contributed by atoms with Crippen LogP contribution in [0.1, 0.15) is 25.7 Å². The molecule has 1 fully saturated rings. The Balaban J connectivity index is 2.20. The van der Waals surface area contributed by atoms with Gasteiger partial charge in [-0.1, -0.05) is 25.0 Å². The van der Waals surface area contributed by atoms with Crippen molar-refractivity contribution in [2.24, 2.45) is 16.6 Å². The van der Waals surface area contributed by atoms with Crippen LogP contribution >= 0.6 is 11.8 Å². The standard InChI is InChI=1S/C13H18N2S/c1-16-12-9-5-4-8-11(12)15-13(14)10-6-2-3-7-10/h4-5,8-10H,2-3,6-7H2,1H3,(H2,14,15). The van der Waals surface area contributed by atoms with Crippen molar-refractivity contribution in [1.82, 2.24) is 0 Å². The molecule has 3 heteroatoms. The van der Waals surface area contributed by atoms with Gasteiger partial charge in [-0.2, -0.15) is 0 Å². The summed E-state index contributed by atoms with van der Waals surface area (Å²) in [5.74, 6) is 1.33. The molecule has 16 heavy (non-hydrogen) atoms. The molecule has 1 aliphatic carbocycles. The summed E-state index contributed by atoms with van der Waals surface area (Å²) in [7, 11) is 0. The van der Waals surface area contributed by atoms with Gasteiger partial charge in [-0.3, -0.25) is 0 Å². The van der Waals surface area contributed by atoms with Crippen LogP contribution in [0.15, 0.2) is 34.2 Å². The van der Waals surface area contributed by atoms with Crippen LogP contribution in [0.5, 0.6) is 0 Å². The van der Waals surface area contributed by atoms with Crippen molar-refractivity contribution in [2.45, 2.75) is 30.6 Å². The fourth-order valence-electron chi connectivity index (χ4n) is 2.17. The summed E-state index contributed by atoms with van der Waals surface area (Å²) in [4.78, 5) is 5.78. The van der Waals surface area contributed by atoms with Gasteiger partial charge in [-0.25, -0.2) is 4.99 Å². The third kappa shape index (κ3) is 2.59. The van der Waals surface area contributed by atoms with Gasteiger partial charge in [-0.15, -0.1) is 11.8 Å². The van der Waals surface area contributed by atoms with Crippen LogP contribution in [-0.2, 0) is 0 Å². The first-order valence-corrected chi connectivity index (χ1v) is 7.01. The zero-order chi connectivity index (χ0) is 11.4. The average Bonchev–Trinajstić information content (AvgIpc) is 2.83. The van der Waals surface area contributed by atoms with E-state index in [1.807, 2.05) is 18.2 Å². The van der Waals surface area contributed by atoms with Crippen molar-refractivity contribution in [2.75, 3.05) is 6.26 Å². The van der Waals surface area contributed by atoms with Gasteiger partial charge in [0.2, 0.25) is 0 Å². The maximum atomic E-state index is 6.08. The largest absolute Gasteiger partial charge is 0.387 e. The lowest BCUT2D eigenvalue weighted by atomic mass is 10.1. The van der Waals surface area contributed by atoms with E-state index in [1.54, 1.807) is 11.8 Å². The Morgan fingerprint density at radius 3 is 2.69 bits per heavy atom. The van der Waals surface area contributed by atoms with Gasteiger partial charge in [0.05, 0.1) is 5.69 Å². The van der Waals surface area contributed by atoms with Gasteiger partial charge in [0, 0.05) is 10.8 Å². The molecule has 86 valence electrons. The van der Waals surface area contributed by atoms with Crippen LogP contribution in [-0.4, -0.2) is 12.1 Å². The van der Waals surface area contributed by atoms with E-state index in [0.717, 1.165) is 11.5 Å². The first-order valence-electron chi connectivity index (χ1n) is 5.78. The average molecular weight is 234 g/mol. The molecule has 2 N–H and O–H groups in total. The number of rotatable bonds is 3. The molecule has 1 aromatic rings. The molecule has 1 aliphatic rings. The number of hydrogen-bond acceptors (Lipinski definition) is 2. The lowest BCUT2D eigenvalue weighted by Crippen LogP contribution is -2.20. The molecule has 0 amide bonds. The van der Waals surface area contributed by atoms with Gasteiger partial charge in [0.1, 0.15) is 5.84 Å². The Hall–Kier alpha value is -0.960. The number of para-hydroxylation sites is 1. The molecule has 0 bridgehead atoms. The summed E-state index contributed by atoms with van der Waals surface area (Å²) in [5, 5.41) is 0. The minimum Gasteiger partial charge on any atom is -0.387 e. The van der Waals surface area contributed by atoms with Crippen molar-refractivity contribution in [3.8, 4) is 0 Å². The molecule has 0 spiro atoms. The summed E-state index contributed by atoms with van der Waals surface area (Å²) in [5.41, 5.74) is 7.09. The van der Waals surface area contributed by atoms with Crippen LogP contribution in [0.2, 0.25) is 0 Å². The summed E-state index contributed by atoms with van der Waals surface area (Å²) in [6.45, 7) is 0. The van der Waals surface area contributed by atoms with Gasteiger partial charge >= 0.3 is 0 Å². The second-order valence-electron chi connectivity index (χ2n) is 4.19. The van der Waals surface area contributed by atoms with E-state index in [-0.39, 0.29) is 0 Å². The molecule has 0 atom stereocenters. The van der Waals surface area contributed by atoms with E-state index < -0.39 is 0 Å². The lowest BCUT2D eigenvalue weighted by Gasteiger charge is -2.09. The fraction of sp³-hybridized carbons (Fsp3) is 0.462. The highest BCUT2D eigenvalue weighted by atomic mass is 32.2. The van der Waals surface area contributed by atoms with E-state index in [0.29, 0.717) is 5.92 Å². The number of thioether (sulfide) groups is 1. The maximum Gasteiger partial charge on any atom is 0.103 e. The first kappa shape index (κ1) is 11.5. The van der Waals surface area contributed by atoms with Crippen molar-refractivity contribution in [1.29, 1.82) is 0 Å². The number of nitrogens with zero attached hydrogens (tertiary/aromatic N) is 1. The van der Waals surface area contributed by atoms with Crippen molar-refractivity contribution < 1.29 is 0 Å². The molecule has 0 heterocycles. The van der Waals surface area contributed by atoms with Crippen molar-refractivity contribution in [3.63, 3.8) is 0 Å². The first-order chi connectivity index (χ1) is 7.81. The normalized spacial score (nSPS) is 17.9. The summed E-state index contributed by atoms with van der Waals surface area (Å²) < 4.78 is 0. The van der Waals surface area contributed by atoms with Crippen molar-refractivity contribution >= 4 is 23.3 Å². The molecule has 0 unspecified atom stereocenters. The molecule has 2 nitrogen and oxygen atoms in total. The number of nitrogens with two attached hydrogens (primary N) is 1. The smallest absolute Gasteiger partial charge is 0.103 e. The highest BCUT2D eigenvalue weighted by Gasteiger charge is 2.18. The Bertz CT molecular complexity index is 381. The topological polar surface area (TPSA) is 38.4 Å². The van der Waals surface area contributed by atoms with E-state index >= 15 is 0 Å². The quantitative estimate of drug-likeness (QED) is 0.493. The van der Waals surface area contributed by atoms with Crippen LogP contribution < -0.4 is 5.73 Å². The molecule has 2 rings (SSSR count). The minimum absolute atomic E-state index is 0.509. The number of hydrogen-bond donors (Lipinski definition) is 1. The Labute approximate surface area is 101 Å². The third-order valence-electron chi connectivity index (χ3n) is 3.11. The molecular weight excluding hydrogens is 216 g/mol. The third-order valence-corrected chi connectivity index (χ3v) is 3.89. The molecule has 0 aliphatic heterocycles. The molecule has 0 radical (unpaired) electrons. The zero-order valence-electron chi connectivity index (χ0n) is 9.65. The van der Waals surface area contributed by atoms with E-state index in [9.17, 15) is 0 Å². The van der Waals surface area contributed by atoms with Crippen LogP contribution in [0.25, 0.3) is 0 Å². The summed E-state index contributed by atoms with van der Waals surface area (Å²) >= 11 is 1.72. The molecule has 0 saturated heterocycles. The van der Waals surface area contributed by atoms with Crippen molar-refractivity contribution in [3.05, 3.63) is 24.3 Å². The predicted molar refractivity (Wildman–Crippen MR) is 71.5 cm³/mol. The highest BCUT2D eigenvalue weighted by Crippen LogP contribution is 2.30. The van der Waals surface area contributed by atoms with Crippen LogP contribution in [0.3, 0.4) is 0 Å². The number of aliphatic imine (C=N–C) groups is 1. The summed E-state index contributed by atoms with van der Waals surface area (Å²) in [6, 6.07) is 8.18. The van der Waals surface area contributed by atoms with Gasteiger partial charge in [0.25, 0.3) is 0 Å². The molecule has 1 aromatic carbocycles. The molecule has 1 saturated carbocycles. The minimum atomic E-state index is 0.509. The van der Waals surface area contributed by atoms with Gasteiger partial charge in [-0.05, 0) is 31.2 Å². The van der Waals surface area contributed by atoms with Gasteiger partial charge < -0.3 is 5.73 Å². The number of amidine groups is 1. The highest BCUT2D eigenvalue weighted by molar-refractivity contribution is 7.98. The predicted octanol–water partition coefficient (Wildman–Crippen LogP) is 3.59. The monoisotopic (exact) mass is 234 g/mol. The lowest BCUT2D eigenvalue weighted by molar-refractivity contribution is 0.722. The molecule has 0 aromatic heterocycles. The number of benzene rings is 1. The Kier molecular flexibility index (Phi) is 3.88. The maximum absolute atomic E-state index is 6.08. The Morgan fingerprint density at radius 1 is 1.31 bits per heavy atom. The van der Waals surface area contributed by atoms with E-state index in [2.05, 4.69) is 17.3 Å². The second kappa shape index (κ2) is 5.39. The fourth-order valence-corrected chi connectivity index (χ4v) is 2.71. The van der Waals surface area contributed by atoms with Crippen LogP contribution in [0.4, 0.5) is 5.69 Å². The SMILES string of the molecule is CSc1ccccc1N=C(N)C1CCCC1. The van der Waals surface area contributed by atoms with Gasteiger partial charge in [0.15, 0.2) is 0 Å².